The highest BCUT2D eigenvalue weighted by Gasteiger charge is 2.60. The van der Waals surface area contributed by atoms with Crippen molar-refractivity contribution < 1.29 is 23.0 Å². The van der Waals surface area contributed by atoms with Gasteiger partial charge in [0.05, 0.1) is 17.6 Å². The minimum Gasteiger partial charge on any atom is -0.462 e. The quantitative estimate of drug-likeness (QED) is 0.676. The van der Waals surface area contributed by atoms with Crippen LogP contribution < -0.4 is 4.74 Å². The number of carbonyl (C=O) groups excluding carboxylic acids is 1. The molecule has 0 spiro atoms. The normalized spacial score (nSPS) is 15.4. The average molecular weight is 361 g/mol. The van der Waals surface area contributed by atoms with Gasteiger partial charge >= 0.3 is 5.97 Å². The summed E-state index contributed by atoms with van der Waals surface area (Å²) in [5.74, 6) is -2.33. The summed E-state index contributed by atoms with van der Waals surface area (Å²) in [5, 5.41) is 0. The van der Waals surface area contributed by atoms with Crippen LogP contribution in [-0.2, 0) is 10.2 Å². The van der Waals surface area contributed by atoms with Crippen molar-refractivity contribution in [1.82, 2.24) is 4.98 Å². The number of pyridine rings is 1. The fourth-order valence-corrected chi connectivity index (χ4v) is 3.06. The highest BCUT2D eigenvalue weighted by molar-refractivity contribution is 5.89. The van der Waals surface area contributed by atoms with E-state index in [4.69, 9.17) is 9.47 Å². The Morgan fingerprint density at radius 1 is 1.27 bits per heavy atom. The molecule has 26 heavy (non-hydrogen) atoms. The topological polar surface area (TPSA) is 48.4 Å². The van der Waals surface area contributed by atoms with E-state index in [1.165, 1.54) is 6.20 Å². The van der Waals surface area contributed by atoms with E-state index in [-0.39, 0.29) is 0 Å². The minimum atomic E-state index is -2.74. The number of hydrogen-bond donors (Lipinski definition) is 0. The van der Waals surface area contributed by atoms with E-state index in [0.717, 1.165) is 12.5 Å². The van der Waals surface area contributed by atoms with E-state index < -0.39 is 17.3 Å². The second-order valence-electron chi connectivity index (χ2n) is 6.66. The first-order chi connectivity index (χ1) is 12.3. The zero-order chi connectivity index (χ0) is 18.9. The summed E-state index contributed by atoms with van der Waals surface area (Å²) in [5.41, 5.74) is 0.692. The number of aryl methyl sites for hydroxylation is 1. The van der Waals surface area contributed by atoms with Crippen LogP contribution in [0.3, 0.4) is 0 Å². The van der Waals surface area contributed by atoms with Crippen LogP contribution in [0.25, 0.3) is 0 Å². The summed E-state index contributed by atoms with van der Waals surface area (Å²) >= 11 is 0. The monoisotopic (exact) mass is 361 g/mol. The Hall–Kier alpha value is -2.50. The standard InChI is InChI=1S/C20H21F2NO3/c1-4-25-18(24)14-5-8-17(23-12-14)26-16-7-6-15(11-13(16)2)20(9-10-20)19(3,21)22/h5-8,11-12H,4,9-10H2,1-3H3. The SMILES string of the molecule is CCOC(=O)c1ccc(Oc2ccc(C3(C(C)(F)F)CC3)cc2C)nc1. The third-order valence-electron chi connectivity index (χ3n) is 4.78. The summed E-state index contributed by atoms with van der Waals surface area (Å²) in [7, 11) is 0. The number of aromatic nitrogens is 1. The molecule has 1 aromatic heterocycles. The first-order valence-corrected chi connectivity index (χ1v) is 8.57. The summed E-state index contributed by atoms with van der Waals surface area (Å²) in [6.07, 6.45) is 2.37. The lowest BCUT2D eigenvalue weighted by Gasteiger charge is -2.24. The lowest BCUT2D eigenvalue weighted by atomic mass is 9.89. The Morgan fingerprint density at radius 3 is 2.50 bits per heavy atom. The summed E-state index contributed by atoms with van der Waals surface area (Å²) in [6, 6.07) is 8.28. The van der Waals surface area contributed by atoms with Gasteiger partial charge in [-0.15, -0.1) is 0 Å². The predicted molar refractivity (Wildman–Crippen MR) is 93.0 cm³/mol. The molecule has 0 bridgehead atoms. The van der Waals surface area contributed by atoms with Gasteiger partial charge in [0, 0.05) is 19.2 Å². The minimum absolute atomic E-state index is 0.293. The fourth-order valence-electron chi connectivity index (χ4n) is 3.06. The van der Waals surface area contributed by atoms with Gasteiger partial charge in [0.2, 0.25) is 5.88 Å². The molecule has 1 fully saturated rings. The first kappa shape index (κ1) is 18.3. The van der Waals surface area contributed by atoms with E-state index in [1.807, 2.05) is 6.92 Å². The van der Waals surface area contributed by atoms with Crippen LogP contribution in [0.4, 0.5) is 8.78 Å². The van der Waals surface area contributed by atoms with E-state index in [0.29, 0.717) is 42.2 Å². The molecule has 4 nitrogen and oxygen atoms in total. The summed E-state index contributed by atoms with van der Waals surface area (Å²) in [6.45, 7) is 4.82. The lowest BCUT2D eigenvalue weighted by Crippen LogP contribution is -2.30. The molecule has 138 valence electrons. The molecule has 0 N–H and O–H groups in total. The number of hydrogen-bond acceptors (Lipinski definition) is 4. The molecule has 3 rings (SSSR count). The number of rotatable bonds is 6. The molecule has 1 aromatic carbocycles. The molecule has 1 heterocycles. The molecular weight excluding hydrogens is 340 g/mol. The van der Waals surface area contributed by atoms with Crippen LogP contribution in [0, 0.1) is 6.92 Å². The summed E-state index contributed by atoms with van der Waals surface area (Å²) in [4.78, 5) is 15.7. The first-order valence-electron chi connectivity index (χ1n) is 8.57. The van der Waals surface area contributed by atoms with E-state index in [2.05, 4.69) is 4.98 Å². The maximum Gasteiger partial charge on any atom is 0.339 e. The molecule has 0 atom stereocenters. The van der Waals surface area contributed by atoms with Gasteiger partial charge in [-0.2, -0.15) is 0 Å². The van der Waals surface area contributed by atoms with Gasteiger partial charge in [-0.05, 0) is 49.9 Å². The van der Waals surface area contributed by atoms with Gasteiger partial charge in [0.1, 0.15) is 5.75 Å². The number of ether oxygens (including phenoxy) is 2. The van der Waals surface area contributed by atoms with Crippen molar-refractivity contribution in [2.75, 3.05) is 6.61 Å². The largest absolute Gasteiger partial charge is 0.462 e. The highest BCUT2D eigenvalue weighted by atomic mass is 19.3. The zero-order valence-corrected chi connectivity index (χ0v) is 15.0. The number of alkyl halides is 2. The van der Waals surface area contributed by atoms with Crippen LogP contribution in [0.1, 0.15) is 48.2 Å². The van der Waals surface area contributed by atoms with Crippen molar-refractivity contribution in [1.29, 1.82) is 0 Å². The van der Waals surface area contributed by atoms with Crippen LogP contribution >= 0.6 is 0 Å². The Morgan fingerprint density at radius 2 is 2.00 bits per heavy atom. The van der Waals surface area contributed by atoms with Gasteiger partial charge in [-0.3, -0.25) is 0 Å². The average Bonchev–Trinajstić information content (AvgIpc) is 3.39. The maximum atomic E-state index is 13.9. The number of halogens is 2. The second kappa shape index (κ2) is 6.67. The third kappa shape index (κ3) is 3.41. The van der Waals surface area contributed by atoms with Gasteiger partial charge in [0.25, 0.3) is 5.92 Å². The molecular formula is C20H21F2NO3. The Labute approximate surface area is 151 Å². The Kier molecular flexibility index (Phi) is 4.69. The van der Waals surface area contributed by atoms with Gasteiger partial charge in [-0.1, -0.05) is 12.1 Å². The number of nitrogens with zero attached hydrogens (tertiary/aromatic N) is 1. The molecule has 1 aliphatic carbocycles. The van der Waals surface area contributed by atoms with Gasteiger partial charge in [-0.25, -0.2) is 18.6 Å². The van der Waals surface area contributed by atoms with Gasteiger partial charge < -0.3 is 9.47 Å². The molecule has 0 amide bonds. The Balaban J connectivity index is 1.76. The van der Waals surface area contributed by atoms with E-state index in [1.54, 1.807) is 37.3 Å². The lowest BCUT2D eigenvalue weighted by molar-refractivity contribution is -0.0200. The molecule has 0 radical (unpaired) electrons. The third-order valence-corrected chi connectivity index (χ3v) is 4.78. The van der Waals surface area contributed by atoms with Crippen molar-refractivity contribution in [3.05, 3.63) is 53.2 Å². The molecule has 1 aliphatic rings. The van der Waals surface area contributed by atoms with Crippen LogP contribution in [-0.4, -0.2) is 23.5 Å². The van der Waals surface area contributed by atoms with Crippen molar-refractivity contribution in [3.8, 4) is 11.6 Å². The molecule has 2 aromatic rings. The molecule has 0 saturated heterocycles. The number of esters is 1. The van der Waals surface area contributed by atoms with Crippen LogP contribution in [0.5, 0.6) is 11.6 Å². The van der Waals surface area contributed by atoms with Crippen molar-refractivity contribution in [2.45, 2.75) is 45.0 Å². The van der Waals surface area contributed by atoms with E-state index in [9.17, 15) is 13.6 Å². The maximum absolute atomic E-state index is 13.9. The van der Waals surface area contributed by atoms with Crippen molar-refractivity contribution in [3.63, 3.8) is 0 Å². The predicted octanol–water partition coefficient (Wildman–Crippen LogP) is 5.05. The molecule has 0 unspecified atom stereocenters. The molecule has 6 heteroatoms. The molecule has 1 saturated carbocycles. The number of benzene rings is 1. The second-order valence-corrected chi connectivity index (χ2v) is 6.66. The van der Waals surface area contributed by atoms with Crippen molar-refractivity contribution in [2.24, 2.45) is 0 Å². The fraction of sp³-hybridized carbons (Fsp3) is 0.400. The molecule has 0 aliphatic heterocycles. The Bertz CT molecular complexity index is 809. The van der Waals surface area contributed by atoms with Gasteiger partial charge in [0.15, 0.2) is 0 Å². The smallest absolute Gasteiger partial charge is 0.339 e. The van der Waals surface area contributed by atoms with Crippen LogP contribution in [0.2, 0.25) is 0 Å². The number of carbonyl (C=O) groups is 1. The zero-order valence-electron chi connectivity index (χ0n) is 15.0. The van der Waals surface area contributed by atoms with E-state index >= 15 is 0 Å². The van der Waals surface area contributed by atoms with Crippen LogP contribution in [0.15, 0.2) is 36.5 Å². The summed E-state index contributed by atoms with van der Waals surface area (Å²) < 4.78 is 38.4. The van der Waals surface area contributed by atoms with Crippen molar-refractivity contribution >= 4 is 5.97 Å². The highest BCUT2D eigenvalue weighted by Crippen LogP contribution is 2.58.